The number of aromatic nitrogens is 2. The highest BCUT2D eigenvalue weighted by molar-refractivity contribution is 5.94. The van der Waals surface area contributed by atoms with Gasteiger partial charge in [0.15, 0.2) is 0 Å². The van der Waals surface area contributed by atoms with Crippen molar-refractivity contribution >= 4 is 17.5 Å². The Balaban J connectivity index is 1.15. The fraction of sp³-hybridized carbons (Fsp3) is 0.348. The molecule has 2 atom stereocenters. The Morgan fingerprint density at radius 2 is 1.90 bits per heavy atom. The normalized spacial score (nSPS) is 21.1. The van der Waals surface area contributed by atoms with Gasteiger partial charge in [0.1, 0.15) is 5.65 Å². The van der Waals surface area contributed by atoms with E-state index >= 15 is 0 Å². The Bertz CT molecular complexity index is 1070. The zero-order valence-corrected chi connectivity index (χ0v) is 16.4. The molecule has 5 rings (SSSR count). The molecule has 1 aliphatic carbocycles. The molecule has 6 heteroatoms. The topological polar surface area (TPSA) is 66.7 Å². The van der Waals surface area contributed by atoms with Gasteiger partial charge in [0.25, 0.3) is 5.91 Å². The van der Waals surface area contributed by atoms with E-state index in [0.29, 0.717) is 29.9 Å². The van der Waals surface area contributed by atoms with Crippen LogP contribution in [0.2, 0.25) is 0 Å². The lowest BCUT2D eigenvalue weighted by Gasteiger charge is -2.40. The first-order chi connectivity index (χ1) is 14.1. The van der Waals surface area contributed by atoms with E-state index in [2.05, 4.69) is 17.2 Å². The second-order valence-electron chi connectivity index (χ2n) is 8.29. The highest BCUT2D eigenvalue weighted by Gasteiger charge is 2.44. The lowest BCUT2D eigenvalue weighted by atomic mass is 9.90. The Labute approximate surface area is 169 Å². The molecule has 0 radical (unpaired) electrons. The number of likely N-dealkylation sites (tertiary alicyclic amines) is 1. The van der Waals surface area contributed by atoms with E-state index < -0.39 is 0 Å². The maximum Gasteiger partial charge on any atom is 0.251 e. The van der Waals surface area contributed by atoms with Gasteiger partial charge in [-0.3, -0.25) is 9.59 Å². The van der Waals surface area contributed by atoms with Crippen LogP contribution in [0, 0.1) is 11.8 Å². The number of carbonyl (C=O) groups is 2. The highest BCUT2D eigenvalue weighted by atomic mass is 16.2. The smallest absolute Gasteiger partial charge is 0.251 e. The van der Waals surface area contributed by atoms with Gasteiger partial charge in [0, 0.05) is 55.6 Å². The van der Waals surface area contributed by atoms with E-state index in [4.69, 9.17) is 0 Å². The standard InChI is InChI=1S/C23H24N4O2/c1-15-10-20(15)23(29)27-13-19(14-27)17-2-4-18(5-3-17)22(28)25-12-16-6-8-26-9-7-24-21(26)11-16/h2-9,11,15,19-20H,10,12-14H2,1H3,(H,25,28). The number of hydrogen-bond acceptors (Lipinski definition) is 3. The number of amides is 2. The molecule has 1 aromatic carbocycles. The van der Waals surface area contributed by atoms with E-state index in [1.54, 1.807) is 6.20 Å². The molecule has 6 nitrogen and oxygen atoms in total. The van der Waals surface area contributed by atoms with Crippen LogP contribution >= 0.6 is 0 Å². The summed E-state index contributed by atoms with van der Waals surface area (Å²) in [6.07, 6.45) is 6.63. The minimum atomic E-state index is -0.0899. The Morgan fingerprint density at radius 3 is 2.62 bits per heavy atom. The molecule has 1 aliphatic heterocycles. The van der Waals surface area contributed by atoms with Gasteiger partial charge in [-0.2, -0.15) is 0 Å². The van der Waals surface area contributed by atoms with Crippen LogP contribution in [0.25, 0.3) is 5.65 Å². The predicted molar refractivity (Wildman–Crippen MR) is 109 cm³/mol. The molecule has 3 heterocycles. The third-order valence-corrected chi connectivity index (χ3v) is 6.18. The summed E-state index contributed by atoms with van der Waals surface area (Å²) >= 11 is 0. The molecule has 2 aromatic heterocycles. The molecule has 1 saturated heterocycles. The van der Waals surface area contributed by atoms with Crippen LogP contribution in [-0.2, 0) is 11.3 Å². The summed E-state index contributed by atoms with van der Waals surface area (Å²) in [5.74, 6) is 1.43. The number of rotatable bonds is 5. The summed E-state index contributed by atoms with van der Waals surface area (Å²) in [6, 6.07) is 11.7. The molecule has 2 unspecified atom stereocenters. The average Bonchev–Trinajstić information content (AvgIpc) is 3.24. The molecule has 29 heavy (non-hydrogen) atoms. The molecular weight excluding hydrogens is 364 g/mol. The predicted octanol–water partition coefficient (Wildman–Crippen LogP) is 2.85. The van der Waals surface area contributed by atoms with Crippen LogP contribution in [0.3, 0.4) is 0 Å². The maximum absolute atomic E-state index is 12.5. The number of nitrogens with zero attached hydrogens (tertiary/aromatic N) is 3. The van der Waals surface area contributed by atoms with Gasteiger partial charge in [-0.05, 0) is 47.7 Å². The van der Waals surface area contributed by atoms with E-state index in [9.17, 15) is 9.59 Å². The van der Waals surface area contributed by atoms with Crippen molar-refractivity contribution in [2.75, 3.05) is 13.1 Å². The lowest BCUT2D eigenvalue weighted by molar-refractivity contribution is -0.137. The first kappa shape index (κ1) is 17.9. The monoisotopic (exact) mass is 388 g/mol. The molecule has 148 valence electrons. The largest absolute Gasteiger partial charge is 0.348 e. The second-order valence-corrected chi connectivity index (χ2v) is 8.29. The zero-order chi connectivity index (χ0) is 20.0. The number of hydrogen-bond donors (Lipinski definition) is 1. The van der Waals surface area contributed by atoms with E-state index in [-0.39, 0.29) is 11.8 Å². The summed E-state index contributed by atoms with van der Waals surface area (Å²) < 4.78 is 1.93. The minimum absolute atomic E-state index is 0.0899. The summed E-state index contributed by atoms with van der Waals surface area (Å²) in [6.45, 7) is 4.19. The third kappa shape index (κ3) is 3.50. The second kappa shape index (κ2) is 7.03. The highest BCUT2D eigenvalue weighted by Crippen LogP contribution is 2.41. The van der Waals surface area contributed by atoms with E-state index in [1.807, 2.05) is 58.1 Å². The Hall–Kier alpha value is -3.15. The van der Waals surface area contributed by atoms with Crippen molar-refractivity contribution < 1.29 is 9.59 Å². The quantitative estimate of drug-likeness (QED) is 0.731. The Kier molecular flexibility index (Phi) is 4.34. The third-order valence-electron chi connectivity index (χ3n) is 6.18. The van der Waals surface area contributed by atoms with Crippen molar-refractivity contribution in [2.45, 2.75) is 25.8 Å². The van der Waals surface area contributed by atoms with Crippen LogP contribution in [0.1, 0.15) is 40.7 Å². The molecule has 3 aromatic rings. The number of imidazole rings is 1. The van der Waals surface area contributed by atoms with Crippen LogP contribution < -0.4 is 5.32 Å². The molecule has 1 N–H and O–H groups in total. The van der Waals surface area contributed by atoms with Crippen molar-refractivity contribution in [1.82, 2.24) is 19.6 Å². The van der Waals surface area contributed by atoms with Gasteiger partial charge in [0.2, 0.25) is 5.91 Å². The SMILES string of the molecule is CC1CC1C(=O)N1CC(c2ccc(C(=O)NCc3ccn4ccnc4c3)cc2)C1. The van der Waals surface area contributed by atoms with Crippen molar-refractivity contribution in [3.8, 4) is 0 Å². The van der Waals surface area contributed by atoms with Gasteiger partial charge in [-0.25, -0.2) is 4.98 Å². The van der Waals surface area contributed by atoms with Gasteiger partial charge < -0.3 is 14.6 Å². The summed E-state index contributed by atoms with van der Waals surface area (Å²) in [5, 5.41) is 2.97. The van der Waals surface area contributed by atoms with Gasteiger partial charge >= 0.3 is 0 Å². The number of carbonyl (C=O) groups excluding carboxylic acids is 2. The van der Waals surface area contributed by atoms with Gasteiger partial charge in [-0.1, -0.05) is 19.1 Å². The summed E-state index contributed by atoms with van der Waals surface area (Å²) in [7, 11) is 0. The van der Waals surface area contributed by atoms with E-state index in [0.717, 1.165) is 30.7 Å². The van der Waals surface area contributed by atoms with Crippen molar-refractivity contribution in [3.05, 3.63) is 71.7 Å². The molecule has 2 fully saturated rings. The van der Waals surface area contributed by atoms with Crippen molar-refractivity contribution in [1.29, 1.82) is 0 Å². The molecular formula is C23H24N4O2. The minimum Gasteiger partial charge on any atom is -0.348 e. The first-order valence-electron chi connectivity index (χ1n) is 10.2. The van der Waals surface area contributed by atoms with Crippen LogP contribution in [0.15, 0.2) is 55.0 Å². The number of fused-ring (bicyclic) bond motifs is 1. The number of benzene rings is 1. The molecule has 0 spiro atoms. The fourth-order valence-electron chi connectivity index (χ4n) is 4.02. The zero-order valence-electron chi connectivity index (χ0n) is 16.4. The lowest BCUT2D eigenvalue weighted by Crippen LogP contribution is -2.49. The summed E-state index contributed by atoms with van der Waals surface area (Å²) in [4.78, 5) is 30.9. The van der Waals surface area contributed by atoms with Crippen molar-refractivity contribution in [3.63, 3.8) is 0 Å². The van der Waals surface area contributed by atoms with Crippen LogP contribution in [0.4, 0.5) is 0 Å². The fourth-order valence-corrected chi connectivity index (χ4v) is 4.02. The van der Waals surface area contributed by atoms with Gasteiger partial charge in [-0.15, -0.1) is 0 Å². The summed E-state index contributed by atoms with van der Waals surface area (Å²) in [5.41, 5.74) is 3.72. The maximum atomic E-state index is 12.5. The van der Waals surface area contributed by atoms with Crippen LogP contribution in [-0.4, -0.2) is 39.2 Å². The average molecular weight is 388 g/mol. The molecule has 2 aliphatic rings. The Morgan fingerprint density at radius 1 is 1.14 bits per heavy atom. The van der Waals surface area contributed by atoms with Gasteiger partial charge in [0.05, 0.1) is 0 Å². The number of nitrogens with one attached hydrogen (secondary N) is 1. The van der Waals surface area contributed by atoms with Crippen molar-refractivity contribution in [2.24, 2.45) is 11.8 Å². The molecule has 2 amide bonds. The first-order valence-corrected chi connectivity index (χ1v) is 10.2. The van der Waals surface area contributed by atoms with Crippen LogP contribution in [0.5, 0.6) is 0 Å². The van der Waals surface area contributed by atoms with E-state index in [1.165, 1.54) is 5.56 Å². The molecule has 1 saturated carbocycles. The molecule has 0 bridgehead atoms. The number of pyridine rings is 1.